The van der Waals surface area contributed by atoms with Crippen LogP contribution in [0.3, 0.4) is 0 Å². The fourth-order valence-corrected chi connectivity index (χ4v) is 4.80. The smallest absolute Gasteiger partial charge is 0.274 e. The molecule has 0 spiro atoms. The van der Waals surface area contributed by atoms with Crippen LogP contribution in [0.2, 0.25) is 0 Å². The zero-order chi connectivity index (χ0) is 23.7. The van der Waals surface area contributed by atoms with E-state index in [0.29, 0.717) is 18.0 Å². The van der Waals surface area contributed by atoms with Gasteiger partial charge in [0, 0.05) is 38.3 Å². The summed E-state index contributed by atoms with van der Waals surface area (Å²) >= 11 is 0. The average Bonchev–Trinajstić information content (AvgIpc) is 3.21. The van der Waals surface area contributed by atoms with Crippen LogP contribution in [-0.2, 0) is 13.0 Å². The minimum Gasteiger partial charge on any atom is -0.491 e. The summed E-state index contributed by atoms with van der Waals surface area (Å²) in [6.07, 6.45) is 0.744. The SMILES string of the molecule is Cc1ccc(-n2nc(C)c(C(=O)N[C@@H]3COc4cccc(CN5CCNCC5)c4C3)n2)c(C)c1. The number of carbonyl (C=O) groups excluding carboxylic acids is 1. The average molecular weight is 461 g/mol. The monoisotopic (exact) mass is 460 g/mol. The van der Waals surface area contributed by atoms with Crippen LogP contribution in [-0.4, -0.2) is 64.6 Å². The fourth-order valence-electron chi connectivity index (χ4n) is 4.80. The van der Waals surface area contributed by atoms with Gasteiger partial charge in [-0.1, -0.05) is 29.8 Å². The third-order valence-corrected chi connectivity index (χ3v) is 6.62. The number of hydrogen-bond acceptors (Lipinski definition) is 6. The van der Waals surface area contributed by atoms with Crippen molar-refractivity contribution in [3.05, 3.63) is 70.0 Å². The van der Waals surface area contributed by atoms with E-state index in [-0.39, 0.29) is 11.9 Å². The number of piperazine rings is 1. The quantitative estimate of drug-likeness (QED) is 0.608. The normalized spacial score (nSPS) is 18.3. The van der Waals surface area contributed by atoms with Crippen LogP contribution in [0.1, 0.15) is 38.4 Å². The molecule has 34 heavy (non-hydrogen) atoms. The van der Waals surface area contributed by atoms with Crippen molar-refractivity contribution in [1.29, 1.82) is 0 Å². The molecule has 1 saturated heterocycles. The second-order valence-corrected chi connectivity index (χ2v) is 9.32. The maximum atomic E-state index is 13.1. The molecule has 3 aromatic rings. The molecule has 2 aliphatic heterocycles. The summed E-state index contributed by atoms with van der Waals surface area (Å²) in [6, 6.07) is 12.2. The van der Waals surface area contributed by atoms with Crippen molar-refractivity contribution in [2.45, 2.75) is 39.8 Å². The highest BCUT2D eigenvalue weighted by Gasteiger charge is 2.27. The van der Waals surface area contributed by atoms with Gasteiger partial charge in [0.1, 0.15) is 12.4 Å². The standard InChI is InChI=1S/C26H32N6O2/c1-17-7-8-23(18(2)13-17)32-29-19(3)25(30-32)26(33)28-21-14-22-20(5-4-6-24(22)34-16-21)15-31-11-9-27-10-12-31/h4-8,13,21,27H,9-12,14-16H2,1-3H3,(H,28,33)/t21-/m0/s1. The molecule has 0 unspecified atom stereocenters. The molecule has 0 bridgehead atoms. The Morgan fingerprint density at radius 3 is 2.76 bits per heavy atom. The maximum absolute atomic E-state index is 13.1. The van der Waals surface area contributed by atoms with Crippen molar-refractivity contribution in [3.63, 3.8) is 0 Å². The number of fused-ring (bicyclic) bond motifs is 1. The predicted octanol–water partition coefficient (Wildman–Crippen LogP) is 2.33. The summed E-state index contributed by atoms with van der Waals surface area (Å²) < 4.78 is 6.05. The van der Waals surface area contributed by atoms with E-state index < -0.39 is 0 Å². The van der Waals surface area contributed by atoms with Crippen LogP contribution < -0.4 is 15.4 Å². The van der Waals surface area contributed by atoms with Gasteiger partial charge >= 0.3 is 0 Å². The summed E-state index contributed by atoms with van der Waals surface area (Å²) in [6.45, 7) is 11.4. The van der Waals surface area contributed by atoms with Crippen LogP contribution in [0.5, 0.6) is 5.75 Å². The molecule has 2 aromatic carbocycles. The molecule has 1 fully saturated rings. The number of amides is 1. The molecular weight excluding hydrogens is 428 g/mol. The lowest BCUT2D eigenvalue weighted by atomic mass is 9.96. The number of rotatable bonds is 5. The number of benzene rings is 2. The van der Waals surface area contributed by atoms with E-state index in [1.165, 1.54) is 16.7 Å². The zero-order valence-corrected chi connectivity index (χ0v) is 20.1. The molecule has 8 nitrogen and oxygen atoms in total. The van der Waals surface area contributed by atoms with Gasteiger partial charge in [-0.3, -0.25) is 9.69 Å². The van der Waals surface area contributed by atoms with E-state index in [9.17, 15) is 4.79 Å². The van der Waals surface area contributed by atoms with Crippen LogP contribution in [0, 0.1) is 20.8 Å². The number of carbonyl (C=O) groups is 1. The van der Waals surface area contributed by atoms with Crippen molar-refractivity contribution in [2.24, 2.45) is 0 Å². The topological polar surface area (TPSA) is 84.3 Å². The first kappa shape index (κ1) is 22.6. The van der Waals surface area contributed by atoms with Gasteiger partial charge in [0.05, 0.1) is 17.4 Å². The third-order valence-electron chi connectivity index (χ3n) is 6.62. The Morgan fingerprint density at radius 2 is 1.97 bits per heavy atom. The summed E-state index contributed by atoms with van der Waals surface area (Å²) in [5.41, 5.74) is 6.53. The van der Waals surface area contributed by atoms with E-state index in [1.54, 1.807) is 4.80 Å². The molecule has 1 atom stereocenters. The first-order valence-corrected chi connectivity index (χ1v) is 12.0. The molecule has 8 heteroatoms. The number of aryl methyl sites for hydroxylation is 3. The molecule has 2 N–H and O–H groups in total. The summed E-state index contributed by atoms with van der Waals surface area (Å²) in [5, 5.41) is 15.6. The number of aromatic nitrogens is 3. The highest BCUT2D eigenvalue weighted by atomic mass is 16.5. The fraction of sp³-hybridized carbons (Fsp3) is 0.423. The van der Waals surface area contributed by atoms with Crippen molar-refractivity contribution in [2.75, 3.05) is 32.8 Å². The van der Waals surface area contributed by atoms with Gasteiger partial charge in [0.2, 0.25) is 0 Å². The Morgan fingerprint density at radius 1 is 1.15 bits per heavy atom. The first-order chi connectivity index (χ1) is 16.5. The molecule has 0 aliphatic carbocycles. The molecule has 0 radical (unpaired) electrons. The molecule has 178 valence electrons. The Kier molecular flexibility index (Phi) is 6.34. The highest BCUT2D eigenvalue weighted by molar-refractivity contribution is 5.93. The Bertz CT molecular complexity index is 1200. The molecule has 1 amide bonds. The lowest BCUT2D eigenvalue weighted by Gasteiger charge is -2.31. The van der Waals surface area contributed by atoms with Crippen LogP contribution in [0.4, 0.5) is 0 Å². The van der Waals surface area contributed by atoms with Crippen LogP contribution in [0.25, 0.3) is 5.69 Å². The predicted molar refractivity (Wildman–Crippen MR) is 131 cm³/mol. The number of ether oxygens (including phenoxy) is 1. The van der Waals surface area contributed by atoms with Crippen LogP contribution in [0.15, 0.2) is 36.4 Å². The Labute approximate surface area is 200 Å². The Balaban J connectivity index is 1.30. The second kappa shape index (κ2) is 9.56. The lowest BCUT2D eigenvalue weighted by Crippen LogP contribution is -2.44. The second-order valence-electron chi connectivity index (χ2n) is 9.32. The number of hydrogen-bond donors (Lipinski definition) is 2. The molecule has 0 saturated carbocycles. The van der Waals surface area contributed by atoms with Gasteiger partial charge in [-0.2, -0.15) is 9.90 Å². The van der Waals surface area contributed by atoms with Gasteiger partial charge in [0.15, 0.2) is 5.69 Å². The van der Waals surface area contributed by atoms with E-state index in [0.717, 1.165) is 56.1 Å². The zero-order valence-electron chi connectivity index (χ0n) is 20.1. The largest absolute Gasteiger partial charge is 0.491 e. The van der Waals surface area contributed by atoms with Crippen LogP contribution >= 0.6 is 0 Å². The van der Waals surface area contributed by atoms with Crippen molar-refractivity contribution in [1.82, 2.24) is 30.5 Å². The van der Waals surface area contributed by atoms with Crippen molar-refractivity contribution < 1.29 is 9.53 Å². The van der Waals surface area contributed by atoms with E-state index in [2.05, 4.69) is 50.9 Å². The van der Waals surface area contributed by atoms with Gasteiger partial charge in [-0.05, 0) is 50.5 Å². The molecule has 1 aromatic heterocycles. The molecule has 3 heterocycles. The highest BCUT2D eigenvalue weighted by Crippen LogP contribution is 2.29. The van der Waals surface area contributed by atoms with Crippen molar-refractivity contribution in [3.8, 4) is 11.4 Å². The molecule has 2 aliphatic rings. The van der Waals surface area contributed by atoms with Crippen molar-refractivity contribution >= 4 is 5.91 Å². The van der Waals surface area contributed by atoms with Gasteiger partial charge in [-0.25, -0.2) is 0 Å². The lowest BCUT2D eigenvalue weighted by molar-refractivity contribution is 0.0908. The Hall–Kier alpha value is -3.23. The minimum absolute atomic E-state index is 0.116. The van der Waals surface area contributed by atoms with Gasteiger partial charge in [-0.15, -0.1) is 5.10 Å². The van der Waals surface area contributed by atoms with Gasteiger partial charge in [0.25, 0.3) is 5.91 Å². The van der Waals surface area contributed by atoms with E-state index >= 15 is 0 Å². The number of nitrogens with zero attached hydrogens (tertiary/aromatic N) is 4. The minimum atomic E-state index is -0.217. The molecular formula is C26H32N6O2. The number of nitrogens with one attached hydrogen (secondary N) is 2. The molecule has 5 rings (SSSR count). The van der Waals surface area contributed by atoms with Gasteiger partial charge < -0.3 is 15.4 Å². The summed E-state index contributed by atoms with van der Waals surface area (Å²) in [5.74, 6) is 0.709. The summed E-state index contributed by atoms with van der Waals surface area (Å²) in [7, 11) is 0. The maximum Gasteiger partial charge on any atom is 0.274 e. The van der Waals surface area contributed by atoms with E-state index in [4.69, 9.17) is 4.74 Å². The first-order valence-electron chi connectivity index (χ1n) is 12.0. The van der Waals surface area contributed by atoms with E-state index in [1.807, 2.05) is 32.0 Å². The third kappa shape index (κ3) is 4.69. The summed E-state index contributed by atoms with van der Waals surface area (Å²) in [4.78, 5) is 17.1.